The Morgan fingerprint density at radius 1 is 1.30 bits per heavy atom. The molecule has 3 nitrogen and oxygen atoms in total. The minimum absolute atomic E-state index is 0.0375. The maximum absolute atomic E-state index is 12.4. The highest BCUT2D eigenvalue weighted by molar-refractivity contribution is 7.99. The maximum Gasteiger partial charge on any atom is 0.253 e. The fourth-order valence-electron chi connectivity index (χ4n) is 2.63. The summed E-state index contributed by atoms with van der Waals surface area (Å²) in [5, 5.41) is 7.50. The van der Waals surface area contributed by atoms with Crippen LogP contribution in [0.1, 0.15) is 36.0 Å². The number of thioether (sulfide) groups is 1. The SMILES string of the molecule is CNc1ccc(Cl)cc1C(=O)NC1CCC(SC)CC1. The van der Waals surface area contributed by atoms with E-state index in [2.05, 4.69) is 16.9 Å². The monoisotopic (exact) mass is 312 g/mol. The Kier molecular flexibility index (Phi) is 5.61. The Hall–Kier alpha value is -0.870. The van der Waals surface area contributed by atoms with E-state index in [1.165, 1.54) is 12.8 Å². The third-order valence-electron chi connectivity index (χ3n) is 3.84. The summed E-state index contributed by atoms with van der Waals surface area (Å²) in [6.45, 7) is 0. The van der Waals surface area contributed by atoms with Gasteiger partial charge in [0.1, 0.15) is 0 Å². The second kappa shape index (κ2) is 7.23. The predicted octanol–water partition coefficient (Wildman–Crippen LogP) is 3.79. The molecule has 0 heterocycles. The lowest BCUT2D eigenvalue weighted by molar-refractivity contribution is 0.0929. The van der Waals surface area contributed by atoms with Gasteiger partial charge in [-0.3, -0.25) is 4.79 Å². The quantitative estimate of drug-likeness (QED) is 0.889. The van der Waals surface area contributed by atoms with Gasteiger partial charge in [0, 0.05) is 29.0 Å². The van der Waals surface area contributed by atoms with Crippen molar-refractivity contribution in [1.29, 1.82) is 0 Å². The van der Waals surface area contributed by atoms with E-state index in [4.69, 9.17) is 11.6 Å². The summed E-state index contributed by atoms with van der Waals surface area (Å²) in [7, 11) is 1.81. The zero-order valence-corrected chi connectivity index (χ0v) is 13.5. The summed E-state index contributed by atoms with van der Waals surface area (Å²) < 4.78 is 0. The third-order valence-corrected chi connectivity index (χ3v) is 5.21. The summed E-state index contributed by atoms with van der Waals surface area (Å²) in [5.41, 5.74) is 1.43. The van der Waals surface area contributed by atoms with Crippen LogP contribution in [0.15, 0.2) is 18.2 Å². The molecule has 1 amide bonds. The molecule has 0 saturated heterocycles. The lowest BCUT2D eigenvalue weighted by atomic mass is 9.94. The highest BCUT2D eigenvalue weighted by atomic mass is 35.5. The minimum Gasteiger partial charge on any atom is -0.387 e. The van der Waals surface area contributed by atoms with Crippen molar-refractivity contribution in [3.8, 4) is 0 Å². The highest BCUT2D eigenvalue weighted by Gasteiger charge is 2.23. The van der Waals surface area contributed by atoms with Crippen LogP contribution in [-0.2, 0) is 0 Å². The molecule has 0 bridgehead atoms. The van der Waals surface area contributed by atoms with Crippen LogP contribution in [0, 0.1) is 0 Å². The smallest absolute Gasteiger partial charge is 0.253 e. The molecule has 5 heteroatoms. The van der Waals surface area contributed by atoms with E-state index in [1.807, 2.05) is 24.9 Å². The molecule has 110 valence electrons. The maximum atomic E-state index is 12.4. The Morgan fingerprint density at radius 3 is 2.60 bits per heavy atom. The van der Waals surface area contributed by atoms with E-state index in [1.54, 1.807) is 12.1 Å². The zero-order valence-electron chi connectivity index (χ0n) is 11.9. The number of benzene rings is 1. The Balaban J connectivity index is 2.00. The van der Waals surface area contributed by atoms with E-state index in [-0.39, 0.29) is 11.9 Å². The number of nitrogens with one attached hydrogen (secondary N) is 2. The molecule has 0 aliphatic heterocycles. The fourth-order valence-corrected chi connectivity index (χ4v) is 3.54. The number of halogens is 1. The van der Waals surface area contributed by atoms with Gasteiger partial charge >= 0.3 is 0 Å². The number of hydrogen-bond donors (Lipinski definition) is 2. The van der Waals surface area contributed by atoms with Crippen LogP contribution in [0.2, 0.25) is 5.02 Å². The first-order valence-electron chi connectivity index (χ1n) is 6.95. The van der Waals surface area contributed by atoms with Gasteiger partial charge in [0.15, 0.2) is 0 Å². The second-order valence-electron chi connectivity index (χ2n) is 5.12. The van der Waals surface area contributed by atoms with E-state index >= 15 is 0 Å². The summed E-state index contributed by atoms with van der Waals surface area (Å²) in [4.78, 5) is 12.4. The number of amides is 1. The Bertz CT molecular complexity index is 473. The van der Waals surface area contributed by atoms with Crippen LogP contribution < -0.4 is 10.6 Å². The Morgan fingerprint density at radius 2 is 2.00 bits per heavy atom. The molecule has 1 aliphatic carbocycles. The minimum atomic E-state index is -0.0375. The normalized spacial score (nSPS) is 22.4. The molecule has 20 heavy (non-hydrogen) atoms. The summed E-state index contributed by atoms with van der Waals surface area (Å²) in [6.07, 6.45) is 6.65. The molecule has 1 aliphatic rings. The third kappa shape index (κ3) is 3.83. The number of hydrogen-bond acceptors (Lipinski definition) is 3. The lowest BCUT2D eigenvalue weighted by Gasteiger charge is -2.28. The van der Waals surface area contributed by atoms with Crippen LogP contribution in [0.4, 0.5) is 5.69 Å². The highest BCUT2D eigenvalue weighted by Crippen LogP contribution is 2.27. The van der Waals surface area contributed by atoms with Crippen LogP contribution in [0.3, 0.4) is 0 Å². The van der Waals surface area contributed by atoms with Crippen LogP contribution >= 0.6 is 23.4 Å². The Labute approximate surface area is 129 Å². The topological polar surface area (TPSA) is 41.1 Å². The fraction of sp³-hybridized carbons (Fsp3) is 0.533. The van der Waals surface area contributed by atoms with Gasteiger partial charge in [-0.25, -0.2) is 0 Å². The van der Waals surface area contributed by atoms with Crippen molar-refractivity contribution >= 4 is 35.0 Å². The first-order valence-corrected chi connectivity index (χ1v) is 8.61. The molecule has 2 N–H and O–H groups in total. The van der Waals surface area contributed by atoms with Crippen LogP contribution in [0.25, 0.3) is 0 Å². The number of carbonyl (C=O) groups excluding carboxylic acids is 1. The molecule has 1 saturated carbocycles. The molecule has 0 spiro atoms. The molecule has 1 aromatic rings. The average molecular weight is 313 g/mol. The van der Waals surface area contributed by atoms with Crippen molar-refractivity contribution in [2.24, 2.45) is 0 Å². The molecule has 0 atom stereocenters. The van der Waals surface area contributed by atoms with Gasteiger partial charge in [0.25, 0.3) is 5.91 Å². The molecule has 0 unspecified atom stereocenters. The molecule has 0 radical (unpaired) electrons. The lowest BCUT2D eigenvalue weighted by Crippen LogP contribution is -2.38. The largest absolute Gasteiger partial charge is 0.387 e. The van der Waals surface area contributed by atoms with Crippen molar-refractivity contribution in [3.05, 3.63) is 28.8 Å². The average Bonchev–Trinajstić information content (AvgIpc) is 2.48. The molecular formula is C15H21ClN2OS. The van der Waals surface area contributed by atoms with Gasteiger partial charge < -0.3 is 10.6 Å². The summed E-state index contributed by atoms with van der Waals surface area (Å²) >= 11 is 7.92. The van der Waals surface area contributed by atoms with Gasteiger partial charge in [0.2, 0.25) is 0 Å². The zero-order chi connectivity index (χ0) is 14.5. The molecule has 2 rings (SSSR count). The van der Waals surface area contributed by atoms with Gasteiger partial charge in [-0.1, -0.05) is 11.6 Å². The van der Waals surface area contributed by atoms with E-state index < -0.39 is 0 Å². The number of anilines is 1. The molecular weight excluding hydrogens is 292 g/mol. The van der Waals surface area contributed by atoms with E-state index in [9.17, 15) is 4.79 Å². The van der Waals surface area contributed by atoms with Gasteiger partial charge in [-0.05, 0) is 50.1 Å². The molecule has 1 fully saturated rings. The summed E-state index contributed by atoms with van der Waals surface area (Å²) in [6, 6.07) is 5.63. The summed E-state index contributed by atoms with van der Waals surface area (Å²) in [5.74, 6) is -0.0375. The number of carbonyl (C=O) groups is 1. The predicted molar refractivity (Wildman–Crippen MR) is 88.0 cm³/mol. The second-order valence-corrected chi connectivity index (χ2v) is 6.70. The standard InChI is InChI=1S/C15H21ClN2OS/c1-17-14-8-3-10(16)9-13(14)15(19)18-11-4-6-12(20-2)7-5-11/h3,8-9,11-12,17H,4-7H2,1-2H3,(H,18,19). The van der Waals surface area contributed by atoms with Gasteiger partial charge in [0.05, 0.1) is 5.56 Å². The van der Waals surface area contributed by atoms with Crippen molar-refractivity contribution in [1.82, 2.24) is 5.32 Å². The van der Waals surface area contributed by atoms with Crippen molar-refractivity contribution in [3.63, 3.8) is 0 Å². The molecule has 1 aromatic carbocycles. The number of rotatable bonds is 4. The van der Waals surface area contributed by atoms with E-state index in [0.29, 0.717) is 10.6 Å². The first-order chi connectivity index (χ1) is 9.63. The van der Waals surface area contributed by atoms with Crippen LogP contribution in [0.5, 0.6) is 0 Å². The van der Waals surface area contributed by atoms with Gasteiger partial charge in [-0.15, -0.1) is 0 Å². The van der Waals surface area contributed by atoms with Crippen molar-refractivity contribution in [2.45, 2.75) is 37.0 Å². The van der Waals surface area contributed by atoms with Crippen molar-refractivity contribution in [2.75, 3.05) is 18.6 Å². The van der Waals surface area contributed by atoms with E-state index in [0.717, 1.165) is 23.8 Å². The van der Waals surface area contributed by atoms with Crippen molar-refractivity contribution < 1.29 is 4.79 Å². The van der Waals surface area contributed by atoms with Crippen LogP contribution in [-0.4, -0.2) is 30.5 Å². The first kappa shape index (κ1) is 15.5. The molecule has 0 aromatic heterocycles. The van der Waals surface area contributed by atoms with Gasteiger partial charge in [-0.2, -0.15) is 11.8 Å².